The summed E-state index contributed by atoms with van der Waals surface area (Å²) in [6.45, 7) is 0.743. The van der Waals surface area contributed by atoms with E-state index in [1.54, 1.807) is 17.4 Å². The molecule has 1 aliphatic carbocycles. The van der Waals surface area contributed by atoms with Crippen LogP contribution in [0.5, 0.6) is 0 Å². The highest BCUT2D eigenvalue weighted by atomic mass is 32.1. The number of fused-ring (bicyclic) bond motifs is 1. The van der Waals surface area contributed by atoms with Gasteiger partial charge in [0.15, 0.2) is 0 Å². The van der Waals surface area contributed by atoms with Gasteiger partial charge in [0.05, 0.1) is 21.3 Å². The first kappa shape index (κ1) is 15.5. The average molecular weight is 345 g/mol. The summed E-state index contributed by atoms with van der Waals surface area (Å²) >= 11 is 1.66. The molecule has 1 aliphatic heterocycles. The van der Waals surface area contributed by atoms with Crippen molar-refractivity contribution in [2.24, 2.45) is 0 Å². The molecule has 2 N–H and O–H groups in total. The molecule has 1 aromatic heterocycles. The lowest BCUT2D eigenvalue weighted by molar-refractivity contribution is -0.145. The van der Waals surface area contributed by atoms with Crippen LogP contribution in [0.25, 0.3) is 10.2 Å². The summed E-state index contributed by atoms with van der Waals surface area (Å²) in [5, 5.41) is 13.5. The van der Waals surface area contributed by atoms with Crippen molar-refractivity contribution in [1.82, 2.24) is 9.88 Å². The molecule has 7 heteroatoms. The maximum Gasteiger partial charge on any atom is 0.313 e. The third kappa shape index (κ3) is 3.14. The first-order valence-electron chi connectivity index (χ1n) is 8.29. The molecular formula is C17H19N3O3S. The van der Waals surface area contributed by atoms with Crippen LogP contribution in [0.1, 0.15) is 36.6 Å². The van der Waals surface area contributed by atoms with Crippen LogP contribution in [0.15, 0.2) is 18.2 Å². The number of hydrogen-bond acceptors (Lipinski definition) is 5. The van der Waals surface area contributed by atoms with Crippen LogP contribution in [-0.2, 0) is 9.59 Å². The van der Waals surface area contributed by atoms with Gasteiger partial charge in [-0.3, -0.25) is 9.59 Å². The SMILES string of the molecule is O=C(Nc1ccc2nc(C3CC3)sc2c1)C(=O)N1CCCC(O)C1. The van der Waals surface area contributed by atoms with Crippen LogP contribution in [0, 0.1) is 0 Å². The number of likely N-dealkylation sites (tertiary alicyclic amines) is 1. The molecule has 2 heterocycles. The Morgan fingerprint density at radius 2 is 2.12 bits per heavy atom. The maximum atomic E-state index is 12.2. The van der Waals surface area contributed by atoms with Crippen molar-refractivity contribution in [1.29, 1.82) is 0 Å². The van der Waals surface area contributed by atoms with E-state index in [1.807, 2.05) is 12.1 Å². The number of aliphatic hydroxyl groups excluding tert-OH is 1. The highest BCUT2D eigenvalue weighted by molar-refractivity contribution is 7.18. The molecule has 24 heavy (non-hydrogen) atoms. The molecular weight excluding hydrogens is 326 g/mol. The topological polar surface area (TPSA) is 82.5 Å². The summed E-state index contributed by atoms with van der Waals surface area (Å²) in [4.78, 5) is 30.4. The van der Waals surface area contributed by atoms with Gasteiger partial charge in [-0.25, -0.2) is 4.98 Å². The number of nitrogens with one attached hydrogen (secondary N) is 1. The number of amides is 2. The number of nitrogens with zero attached hydrogens (tertiary/aromatic N) is 2. The molecule has 0 radical (unpaired) electrons. The van der Waals surface area contributed by atoms with E-state index in [-0.39, 0.29) is 6.54 Å². The lowest BCUT2D eigenvalue weighted by Crippen LogP contribution is -2.46. The fourth-order valence-electron chi connectivity index (χ4n) is 2.99. The van der Waals surface area contributed by atoms with E-state index >= 15 is 0 Å². The minimum atomic E-state index is -0.657. The van der Waals surface area contributed by atoms with E-state index in [9.17, 15) is 14.7 Å². The first-order valence-corrected chi connectivity index (χ1v) is 9.10. The average Bonchev–Trinajstić information content (AvgIpc) is 3.34. The lowest BCUT2D eigenvalue weighted by atomic mass is 10.1. The molecule has 1 saturated heterocycles. The van der Waals surface area contributed by atoms with Gasteiger partial charge in [-0.2, -0.15) is 0 Å². The number of piperidine rings is 1. The van der Waals surface area contributed by atoms with Crippen molar-refractivity contribution in [3.8, 4) is 0 Å². The smallest absolute Gasteiger partial charge is 0.313 e. The number of hydrogen-bond donors (Lipinski definition) is 2. The maximum absolute atomic E-state index is 12.2. The van der Waals surface area contributed by atoms with Crippen LogP contribution >= 0.6 is 11.3 Å². The van der Waals surface area contributed by atoms with Gasteiger partial charge in [0, 0.05) is 24.7 Å². The molecule has 2 amide bonds. The molecule has 1 unspecified atom stereocenters. The van der Waals surface area contributed by atoms with Gasteiger partial charge in [0.2, 0.25) is 0 Å². The fourth-order valence-corrected chi connectivity index (χ4v) is 4.17. The zero-order valence-corrected chi connectivity index (χ0v) is 14.0. The molecule has 2 fully saturated rings. The second-order valence-corrected chi connectivity index (χ2v) is 7.57. The van der Waals surface area contributed by atoms with Crippen LogP contribution in [0.4, 0.5) is 5.69 Å². The molecule has 0 bridgehead atoms. The van der Waals surface area contributed by atoms with E-state index in [1.165, 1.54) is 17.7 Å². The Labute approximate surface area is 143 Å². The number of aliphatic hydroxyl groups is 1. The summed E-state index contributed by atoms with van der Waals surface area (Å²) in [6.07, 6.45) is 3.28. The molecule has 2 aromatic rings. The van der Waals surface area contributed by atoms with E-state index in [2.05, 4.69) is 10.3 Å². The van der Waals surface area contributed by atoms with Gasteiger partial charge in [-0.05, 0) is 43.9 Å². The van der Waals surface area contributed by atoms with Crippen molar-refractivity contribution in [2.75, 3.05) is 18.4 Å². The number of anilines is 1. The fraction of sp³-hybridized carbons (Fsp3) is 0.471. The number of rotatable bonds is 2. The molecule has 1 aromatic carbocycles. The third-order valence-corrected chi connectivity index (χ3v) is 5.65. The van der Waals surface area contributed by atoms with Crippen molar-refractivity contribution in [3.05, 3.63) is 23.2 Å². The van der Waals surface area contributed by atoms with Gasteiger partial charge in [-0.1, -0.05) is 0 Å². The Hall–Kier alpha value is -1.99. The molecule has 126 valence electrons. The van der Waals surface area contributed by atoms with Crippen LogP contribution in [0.2, 0.25) is 0 Å². The number of β-amino-alcohol motifs (C(OH)–C–C–N with tert-alkyl or cyclic N) is 1. The predicted octanol–water partition coefficient (Wildman–Crippen LogP) is 2.10. The van der Waals surface area contributed by atoms with Crippen molar-refractivity contribution in [3.63, 3.8) is 0 Å². The first-order chi connectivity index (χ1) is 11.6. The Kier molecular flexibility index (Phi) is 3.97. The van der Waals surface area contributed by atoms with E-state index < -0.39 is 17.9 Å². The van der Waals surface area contributed by atoms with Gasteiger partial charge in [-0.15, -0.1) is 11.3 Å². The third-order valence-electron chi connectivity index (χ3n) is 4.47. The lowest BCUT2D eigenvalue weighted by Gasteiger charge is -2.29. The Morgan fingerprint density at radius 1 is 1.29 bits per heavy atom. The van der Waals surface area contributed by atoms with Crippen molar-refractivity contribution >= 4 is 39.1 Å². The molecule has 4 rings (SSSR count). The second kappa shape index (κ2) is 6.14. The summed E-state index contributed by atoms with van der Waals surface area (Å²) in [5.74, 6) is -0.639. The van der Waals surface area contributed by atoms with E-state index in [4.69, 9.17) is 0 Å². The number of thiazole rings is 1. The number of carbonyl (C=O) groups excluding carboxylic acids is 2. The van der Waals surface area contributed by atoms with E-state index in [0.29, 0.717) is 24.6 Å². The summed E-state index contributed by atoms with van der Waals surface area (Å²) in [7, 11) is 0. The van der Waals surface area contributed by atoms with Gasteiger partial charge in [0.25, 0.3) is 0 Å². The van der Waals surface area contributed by atoms with E-state index in [0.717, 1.165) is 21.6 Å². The molecule has 1 saturated carbocycles. The standard InChI is InChI=1S/C17H19N3O3S/c21-12-2-1-7-20(9-12)17(23)15(22)18-11-5-6-13-14(8-11)24-16(19-13)10-3-4-10/h5-6,8,10,12,21H,1-4,7,9H2,(H,18,22). The monoisotopic (exact) mass is 345 g/mol. The van der Waals surface area contributed by atoms with Gasteiger partial charge < -0.3 is 15.3 Å². The Morgan fingerprint density at radius 3 is 2.88 bits per heavy atom. The Bertz CT molecular complexity index is 799. The predicted molar refractivity (Wildman–Crippen MR) is 92.0 cm³/mol. The van der Waals surface area contributed by atoms with Crippen LogP contribution in [-0.4, -0.2) is 46.0 Å². The van der Waals surface area contributed by atoms with Crippen molar-refractivity contribution < 1.29 is 14.7 Å². The van der Waals surface area contributed by atoms with Crippen LogP contribution < -0.4 is 5.32 Å². The quantitative estimate of drug-likeness (QED) is 0.817. The molecule has 6 nitrogen and oxygen atoms in total. The molecule has 2 aliphatic rings. The number of aromatic nitrogens is 1. The molecule has 1 atom stereocenters. The minimum Gasteiger partial charge on any atom is -0.391 e. The van der Waals surface area contributed by atoms with Crippen LogP contribution in [0.3, 0.4) is 0 Å². The number of carbonyl (C=O) groups is 2. The normalized spacial score (nSPS) is 21.0. The highest BCUT2D eigenvalue weighted by Gasteiger charge is 2.28. The number of benzene rings is 1. The van der Waals surface area contributed by atoms with Gasteiger partial charge in [0.1, 0.15) is 0 Å². The minimum absolute atomic E-state index is 0.227. The zero-order chi connectivity index (χ0) is 16.7. The highest BCUT2D eigenvalue weighted by Crippen LogP contribution is 2.43. The summed E-state index contributed by atoms with van der Waals surface area (Å²) in [5.41, 5.74) is 1.54. The largest absolute Gasteiger partial charge is 0.391 e. The molecule has 0 spiro atoms. The summed E-state index contributed by atoms with van der Waals surface area (Å²) < 4.78 is 1.02. The van der Waals surface area contributed by atoms with Crippen molar-refractivity contribution in [2.45, 2.75) is 37.7 Å². The summed E-state index contributed by atoms with van der Waals surface area (Å²) in [6, 6.07) is 5.52. The Balaban J connectivity index is 1.46. The van der Waals surface area contributed by atoms with Gasteiger partial charge >= 0.3 is 11.8 Å². The zero-order valence-electron chi connectivity index (χ0n) is 13.2. The second-order valence-electron chi connectivity index (χ2n) is 6.51.